The van der Waals surface area contributed by atoms with E-state index in [0.717, 1.165) is 0 Å². The molecule has 0 fully saturated rings. The van der Waals surface area contributed by atoms with Gasteiger partial charge >= 0.3 is 6.09 Å². The van der Waals surface area contributed by atoms with Crippen molar-refractivity contribution in [2.45, 2.75) is 19.4 Å². The van der Waals surface area contributed by atoms with Crippen molar-refractivity contribution in [2.75, 3.05) is 6.61 Å². The van der Waals surface area contributed by atoms with Crippen molar-refractivity contribution in [3.05, 3.63) is 70.3 Å². The van der Waals surface area contributed by atoms with Gasteiger partial charge in [0.2, 0.25) is 0 Å². The Kier molecular flexibility index (Phi) is 5.72. The molecule has 3 aromatic rings. The summed E-state index contributed by atoms with van der Waals surface area (Å²) in [5.41, 5.74) is 1.11. The van der Waals surface area contributed by atoms with Crippen LogP contribution in [0.4, 0.5) is 4.79 Å². The number of aromatic nitrogens is 2. The molecule has 7 nitrogen and oxygen atoms in total. The number of carboxylic acid groups (broad SMARTS) is 1. The fourth-order valence-corrected chi connectivity index (χ4v) is 3.04. The van der Waals surface area contributed by atoms with Crippen LogP contribution in [0.15, 0.2) is 53.3 Å². The Morgan fingerprint density at radius 1 is 1.21 bits per heavy atom. The van der Waals surface area contributed by atoms with Gasteiger partial charge in [-0.05, 0) is 30.7 Å². The Bertz CT molecular complexity index is 1130. The molecule has 1 heterocycles. The fraction of sp³-hybridized carbons (Fsp3) is 0.190. The van der Waals surface area contributed by atoms with E-state index in [9.17, 15) is 14.7 Å². The van der Waals surface area contributed by atoms with Gasteiger partial charge in [-0.2, -0.15) is 0 Å². The van der Waals surface area contributed by atoms with Crippen LogP contribution in [0.25, 0.3) is 16.6 Å². The standard InChI is InChI=1S/C21H19N3O4/c1-2-16(23-21(27)28)19-22-17-12-6-8-14(9-7-13-25)18(17)20(26)24(19)15-10-4-3-5-11-15/h3-6,8,10-12,16,23,25H,2,13H2,1H3,(H,27,28). The lowest BCUT2D eigenvalue weighted by Crippen LogP contribution is -2.33. The van der Waals surface area contributed by atoms with E-state index in [2.05, 4.69) is 22.1 Å². The molecule has 0 bridgehead atoms. The second-order valence-corrected chi connectivity index (χ2v) is 6.02. The van der Waals surface area contributed by atoms with Gasteiger partial charge in [-0.15, -0.1) is 0 Å². The molecule has 1 aromatic heterocycles. The third kappa shape index (κ3) is 3.72. The second kappa shape index (κ2) is 8.37. The smallest absolute Gasteiger partial charge is 0.405 e. The highest BCUT2D eigenvalue weighted by Crippen LogP contribution is 2.21. The molecular weight excluding hydrogens is 358 g/mol. The normalized spacial score (nSPS) is 11.5. The van der Waals surface area contributed by atoms with Gasteiger partial charge in [-0.3, -0.25) is 9.36 Å². The Morgan fingerprint density at radius 3 is 2.61 bits per heavy atom. The van der Waals surface area contributed by atoms with Crippen molar-refractivity contribution >= 4 is 17.0 Å². The van der Waals surface area contributed by atoms with Crippen LogP contribution in [0.2, 0.25) is 0 Å². The third-order valence-corrected chi connectivity index (χ3v) is 4.26. The van der Waals surface area contributed by atoms with Crippen LogP contribution in [0, 0.1) is 11.8 Å². The van der Waals surface area contributed by atoms with Crippen molar-refractivity contribution in [1.29, 1.82) is 0 Å². The summed E-state index contributed by atoms with van der Waals surface area (Å²) in [7, 11) is 0. The minimum atomic E-state index is -1.19. The first-order valence-electron chi connectivity index (χ1n) is 8.77. The SMILES string of the molecule is CCC(NC(=O)O)c1nc2cccc(C#CCO)c2c(=O)n1-c1ccccc1. The van der Waals surface area contributed by atoms with Crippen LogP contribution in [0.1, 0.15) is 30.8 Å². The lowest BCUT2D eigenvalue weighted by Gasteiger charge is -2.20. The van der Waals surface area contributed by atoms with Crippen LogP contribution in [0.5, 0.6) is 0 Å². The van der Waals surface area contributed by atoms with Gasteiger partial charge in [0.1, 0.15) is 12.4 Å². The first-order chi connectivity index (χ1) is 13.6. The van der Waals surface area contributed by atoms with E-state index in [4.69, 9.17) is 5.11 Å². The highest BCUT2D eigenvalue weighted by Gasteiger charge is 2.22. The number of hydrogen-bond donors (Lipinski definition) is 3. The van der Waals surface area contributed by atoms with E-state index >= 15 is 0 Å². The number of benzene rings is 2. The average Bonchev–Trinajstić information content (AvgIpc) is 2.70. The van der Waals surface area contributed by atoms with Gasteiger partial charge < -0.3 is 15.5 Å². The Morgan fingerprint density at radius 2 is 1.96 bits per heavy atom. The maximum atomic E-state index is 13.5. The van der Waals surface area contributed by atoms with E-state index in [1.165, 1.54) is 4.57 Å². The molecule has 3 N–H and O–H groups in total. The molecule has 2 aromatic carbocycles. The summed E-state index contributed by atoms with van der Waals surface area (Å²) in [4.78, 5) is 29.3. The topological polar surface area (TPSA) is 104 Å². The van der Waals surface area contributed by atoms with Crippen LogP contribution >= 0.6 is 0 Å². The Balaban J connectivity index is 2.39. The molecule has 1 amide bonds. The van der Waals surface area contributed by atoms with E-state index < -0.39 is 12.1 Å². The first kappa shape index (κ1) is 19.1. The first-order valence-corrected chi connectivity index (χ1v) is 8.77. The van der Waals surface area contributed by atoms with Gasteiger partial charge in [0.05, 0.1) is 22.6 Å². The number of nitrogens with one attached hydrogen (secondary N) is 1. The second-order valence-electron chi connectivity index (χ2n) is 6.02. The minimum absolute atomic E-state index is 0.306. The highest BCUT2D eigenvalue weighted by molar-refractivity contribution is 5.84. The van der Waals surface area contributed by atoms with Crippen LogP contribution in [-0.4, -0.2) is 32.5 Å². The number of aliphatic hydroxyl groups excluding tert-OH is 1. The minimum Gasteiger partial charge on any atom is -0.465 e. The summed E-state index contributed by atoms with van der Waals surface area (Å²) in [6.45, 7) is 1.49. The van der Waals surface area contributed by atoms with E-state index in [-0.39, 0.29) is 12.2 Å². The molecule has 1 unspecified atom stereocenters. The number of hydrogen-bond acceptors (Lipinski definition) is 4. The molecule has 0 aliphatic carbocycles. The molecule has 7 heteroatoms. The molecule has 28 heavy (non-hydrogen) atoms. The van der Waals surface area contributed by atoms with Crippen molar-refractivity contribution in [2.24, 2.45) is 0 Å². The highest BCUT2D eigenvalue weighted by atomic mass is 16.4. The Hall–Kier alpha value is -3.63. The summed E-state index contributed by atoms with van der Waals surface area (Å²) in [5, 5.41) is 20.9. The largest absolute Gasteiger partial charge is 0.465 e. The van der Waals surface area contributed by atoms with Crippen molar-refractivity contribution in [3.63, 3.8) is 0 Å². The summed E-state index contributed by atoms with van der Waals surface area (Å²) in [5.74, 6) is 5.65. The summed E-state index contributed by atoms with van der Waals surface area (Å²) >= 11 is 0. The van der Waals surface area contributed by atoms with Gasteiger partial charge in [-0.25, -0.2) is 9.78 Å². The lowest BCUT2D eigenvalue weighted by molar-refractivity contribution is 0.188. The predicted octanol–water partition coefficient (Wildman–Crippen LogP) is 2.45. The van der Waals surface area contributed by atoms with Crippen LogP contribution in [-0.2, 0) is 0 Å². The van der Waals surface area contributed by atoms with Crippen molar-refractivity contribution in [1.82, 2.24) is 14.9 Å². The monoisotopic (exact) mass is 377 g/mol. The van der Waals surface area contributed by atoms with Crippen LogP contribution in [0.3, 0.4) is 0 Å². The molecule has 142 valence electrons. The summed E-state index contributed by atoms with van der Waals surface area (Å²) in [6.07, 6.45) is -0.774. The molecule has 3 rings (SSSR count). The zero-order valence-electron chi connectivity index (χ0n) is 15.2. The van der Waals surface area contributed by atoms with Gasteiger partial charge in [0, 0.05) is 5.56 Å². The van der Waals surface area contributed by atoms with Crippen molar-refractivity contribution in [3.8, 4) is 17.5 Å². The molecule has 1 atom stereocenters. The lowest BCUT2D eigenvalue weighted by atomic mass is 10.1. The number of aliphatic hydroxyl groups is 1. The molecule has 0 saturated heterocycles. The maximum Gasteiger partial charge on any atom is 0.405 e. The number of rotatable bonds is 4. The molecule has 0 spiro atoms. The number of fused-ring (bicyclic) bond motifs is 1. The molecule has 0 radical (unpaired) electrons. The van der Waals surface area contributed by atoms with E-state index in [1.54, 1.807) is 42.5 Å². The quantitative estimate of drug-likeness (QED) is 0.606. The van der Waals surface area contributed by atoms with E-state index in [0.29, 0.717) is 34.4 Å². The molecule has 0 aliphatic heterocycles. The summed E-state index contributed by atoms with van der Waals surface area (Å²) < 4.78 is 1.41. The number of nitrogens with zero attached hydrogens (tertiary/aromatic N) is 2. The molecular formula is C21H19N3O4. The van der Waals surface area contributed by atoms with Gasteiger partial charge in [-0.1, -0.05) is 43.0 Å². The summed E-state index contributed by atoms with van der Waals surface area (Å²) in [6, 6.07) is 13.4. The maximum absolute atomic E-state index is 13.5. The number of carbonyl (C=O) groups is 1. The van der Waals surface area contributed by atoms with Crippen molar-refractivity contribution < 1.29 is 15.0 Å². The van der Waals surface area contributed by atoms with Crippen LogP contribution < -0.4 is 10.9 Å². The van der Waals surface area contributed by atoms with E-state index in [1.807, 2.05) is 13.0 Å². The third-order valence-electron chi connectivity index (χ3n) is 4.26. The molecule has 0 aliphatic rings. The number of para-hydroxylation sites is 1. The fourth-order valence-electron chi connectivity index (χ4n) is 3.04. The zero-order valence-corrected chi connectivity index (χ0v) is 15.2. The molecule has 0 saturated carbocycles. The van der Waals surface area contributed by atoms with Gasteiger partial charge in [0.25, 0.3) is 5.56 Å². The predicted molar refractivity (Wildman–Crippen MR) is 105 cm³/mol. The average molecular weight is 377 g/mol. The van der Waals surface area contributed by atoms with Gasteiger partial charge in [0.15, 0.2) is 0 Å². The zero-order chi connectivity index (χ0) is 20.1. The number of amides is 1. The Labute approximate surface area is 161 Å².